The lowest BCUT2D eigenvalue weighted by Crippen LogP contribution is -2.22. The standard InChI is InChI=1S/C19H22N2O3/c22-18(20-14-5-1-2-11-19(23)21-24)13-12-16-9-6-8-15-7-3-4-10-17(15)16/h3-4,6-10,12-13,24H,1-2,5,11,14H2,(H,20,22)(H,21,23)/b13-12+. The van der Waals surface area contributed by atoms with Crippen molar-refractivity contribution in [2.75, 3.05) is 6.54 Å². The van der Waals surface area contributed by atoms with Gasteiger partial charge in [-0.05, 0) is 35.3 Å². The van der Waals surface area contributed by atoms with Gasteiger partial charge in [-0.1, -0.05) is 48.9 Å². The van der Waals surface area contributed by atoms with Crippen LogP contribution in [0.15, 0.2) is 48.5 Å². The number of carbonyl (C=O) groups excluding carboxylic acids is 2. The van der Waals surface area contributed by atoms with Crippen molar-refractivity contribution in [3.8, 4) is 0 Å². The molecule has 0 aliphatic heterocycles. The lowest BCUT2D eigenvalue weighted by Gasteiger charge is -2.03. The largest absolute Gasteiger partial charge is 0.353 e. The van der Waals surface area contributed by atoms with Crippen LogP contribution in [0.1, 0.15) is 31.2 Å². The molecule has 0 saturated carbocycles. The molecule has 0 heterocycles. The number of benzene rings is 2. The van der Waals surface area contributed by atoms with E-state index >= 15 is 0 Å². The second-order valence-electron chi connectivity index (χ2n) is 5.54. The number of unbranched alkanes of at least 4 members (excludes halogenated alkanes) is 2. The van der Waals surface area contributed by atoms with Crippen molar-refractivity contribution in [1.29, 1.82) is 0 Å². The van der Waals surface area contributed by atoms with E-state index in [0.717, 1.165) is 29.2 Å². The molecule has 2 aromatic carbocycles. The Labute approximate surface area is 141 Å². The highest BCUT2D eigenvalue weighted by molar-refractivity contribution is 5.96. The Bertz CT molecular complexity index is 720. The van der Waals surface area contributed by atoms with Crippen LogP contribution in [0.5, 0.6) is 0 Å². The van der Waals surface area contributed by atoms with Crippen molar-refractivity contribution in [2.24, 2.45) is 0 Å². The molecule has 0 unspecified atom stereocenters. The first-order valence-corrected chi connectivity index (χ1v) is 8.07. The van der Waals surface area contributed by atoms with Gasteiger partial charge < -0.3 is 5.32 Å². The average molecular weight is 326 g/mol. The summed E-state index contributed by atoms with van der Waals surface area (Å²) in [5, 5.41) is 13.5. The smallest absolute Gasteiger partial charge is 0.243 e. The predicted octanol–water partition coefficient (Wildman–Crippen LogP) is 3.04. The van der Waals surface area contributed by atoms with E-state index in [-0.39, 0.29) is 11.8 Å². The topological polar surface area (TPSA) is 78.4 Å². The van der Waals surface area contributed by atoms with E-state index < -0.39 is 0 Å². The first-order chi connectivity index (χ1) is 11.7. The van der Waals surface area contributed by atoms with Crippen LogP contribution in [0.25, 0.3) is 16.8 Å². The fourth-order valence-electron chi connectivity index (χ4n) is 2.48. The fourth-order valence-corrected chi connectivity index (χ4v) is 2.48. The zero-order chi connectivity index (χ0) is 17.2. The molecule has 0 saturated heterocycles. The van der Waals surface area contributed by atoms with Crippen molar-refractivity contribution in [3.05, 3.63) is 54.1 Å². The molecule has 0 bridgehead atoms. The lowest BCUT2D eigenvalue weighted by atomic mass is 10.0. The Morgan fingerprint density at radius 3 is 2.62 bits per heavy atom. The molecular weight excluding hydrogens is 304 g/mol. The summed E-state index contributed by atoms with van der Waals surface area (Å²) in [5.74, 6) is -0.506. The van der Waals surface area contributed by atoms with Crippen LogP contribution in [0.2, 0.25) is 0 Å². The lowest BCUT2D eigenvalue weighted by molar-refractivity contribution is -0.129. The minimum absolute atomic E-state index is 0.129. The number of hydrogen-bond donors (Lipinski definition) is 3. The third kappa shape index (κ3) is 5.52. The summed E-state index contributed by atoms with van der Waals surface area (Å²) < 4.78 is 0. The Morgan fingerprint density at radius 2 is 1.79 bits per heavy atom. The van der Waals surface area contributed by atoms with Gasteiger partial charge in [0.1, 0.15) is 0 Å². The third-order valence-corrected chi connectivity index (χ3v) is 3.74. The number of fused-ring (bicyclic) bond motifs is 1. The second-order valence-corrected chi connectivity index (χ2v) is 5.54. The molecule has 0 fully saturated rings. The van der Waals surface area contributed by atoms with Crippen LogP contribution in [-0.4, -0.2) is 23.6 Å². The molecule has 0 aromatic heterocycles. The Morgan fingerprint density at radius 1 is 1.00 bits per heavy atom. The summed E-state index contributed by atoms with van der Waals surface area (Å²) in [6.07, 6.45) is 5.97. The highest BCUT2D eigenvalue weighted by atomic mass is 16.5. The minimum atomic E-state index is -0.378. The van der Waals surface area contributed by atoms with Gasteiger partial charge in [-0.3, -0.25) is 14.8 Å². The number of hydroxylamine groups is 1. The van der Waals surface area contributed by atoms with E-state index in [1.54, 1.807) is 11.6 Å². The van der Waals surface area contributed by atoms with Crippen LogP contribution >= 0.6 is 0 Å². The van der Waals surface area contributed by atoms with Crippen molar-refractivity contribution < 1.29 is 14.8 Å². The third-order valence-electron chi connectivity index (χ3n) is 3.74. The number of amides is 2. The molecule has 5 heteroatoms. The summed E-state index contributed by atoms with van der Waals surface area (Å²) >= 11 is 0. The van der Waals surface area contributed by atoms with Gasteiger partial charge in [0.25, 0.3) is 0 Å². The number of nitrogens with one attached hydrogen (secondary N) is 2. The van der Waals surface area contributed by atoms with Crippen LogP contribution in [0.4, 0.5) is 0 Å². The maximum absolute atomic E-state index is 11.8. The molecular formula is C19H22N2O3. The summed E-state index contributed by atoms with van der Waals surface area (Å²) in [7, 11) is 0. The zero-order valence-electron chi connectivity index (χ0n) is 13.5. The molecule has 0 spiro atoms. The van der Waals surface area contributed by atoms with E-state index in [1.807, 2.05) is 48.5 Å². The molecule has 0 radical (unpaired) electrons. The highest BCUT2D eigenvalue weighted by Crippen LogP contribution is 2.19. The summed E-state index contributed by atoms with van der Waals surface area (Å²) in [6, 6.07) is 14.1. The van der Waals surface area contributed by atoms with Gasteiger partial charge in [0.05, 0.1) is 0 Å². The molecule has 126 valence electrons. The van der Waals surface area contributed by atoms with Crippen LogP contribution in [0.3, 0.4) is 0 Å². The average Bonchev–Trinajstić information content (AvgIpc) is 2.62. The van der Waals surface area contributed by atoms with Crippen molar-refractivity contribution in [1.82, 2.24) is 10.8 Å². The molecule has 3 N–H and O–H groups in total. The van der Waals surface area contributed by atoms with E-state index in [1.165, 1.54) is 0 Å². The molecule has 5 nitrogen and oxygen atoms in total. The highest BCUT2D eigenvalue weighted by Gasteiger charge is 2.00. The summed E-state index contributed by atoms with van der Waals surface area (Å²) in [5.41, 5.74) is 2.61. The van der Waals surface area contributed by atoms with Crippen molar-refractivity contribution >= 4 is 28.7 Å². The molecule has 2 aromatic rings. The van der Waals surface area contributed by atoms with Crippen molar-refractivity contribution in [3.63, 3.8) is 0 Å². The number of hydrogen-bond acceptors (Lipinski definition) is 3. The molecule has 24 heavy (non-hydrogen) atoms. The van der Waals surface area contributed by atoms with E-state index in [2.05, 4.69) is 5.32 Å². The second kappa shape index (κ2) is 9.47. The monoisotopic (exact) mass is 326 g/mol. The van der Waals surface area contributed by atoms with E-state index in [9.17, 15) is 9.59 Å². The zero-order valence-corrected chi connectivity index (χ0v) is 13.5. The molecule has 2 amide bonds. The Balaban J connectivity index is 1.76. The normalized spacial score (nSPS) is 10.9. The number of carbonyl (C=O) groups is 2. The van der Waals surface area contributed by atoms with E-state index in [0.29, 0.717) is 19.4 Å². The quantitative estimate of drug-likeness (QED) is 0.302. The fraction of sp³-hybridized carbons (Fsp3) is 0.263. The minimum Gasteiger partial charge on any atom is -0.353 e. The van der Waals surface area contributed by atoms with Gasteiger partial charge in [-0.15, -0.1) is 0 Å². The van der Waals surface area contributed by atoms with Gasteiger partial charge in [-0.2, -0.15) is 0 Å². The molecule has 2 rings (SSSR count). The first kappa shape index (κ1) is 17.7. The van der Waals surface area contributed by atoms with Crippen LogP contribution in [-0.2, 0) is 9.59 Å². The number of rotatable bonds is 8. The molecule has 0 aliphatic carbocycles. The van der Waals surface area contributed by atoms with Gasteiger partial charge in [-0.25, -0.2) is 5.48 Å². The van der Waals surface area contributed by atoms with Gasteiger partial charge in [0, 0.05) is 19.0 Å². The summed E-state index contributed by atoms with van der Waals surface area (Å²) in [4.78, 5) is 22.7. The maximum atomic E-state index is 11.8. The van der Waals surface area contributed by atoms with Crippen molar-refractivity contribution in [2.45, 2.75) is 25.7 Å². The predicted molar refractivity (Wildman–Crippen MR) is 94.4 cm³/mol. The Kier molecular flexibility index (Phi) is 6.98. The molecule has 0 aliphatic rings. The molecule has 0 atom stereocenters. The Hall–Kier alpha value is -2.66. The van der Waals surface area contributed by atoms with Gasteiger partial charge >= 0.3 is 0 Å². The summed E-state index contributed by atoms with van der Waals surface area (Å²) in [6.45, 7) is 0.569. The van der Waals surface area contributed by atoms with Gasteiger partial charge in [0.2, 0.25) is 11.8 Å². The maximum Gasteiger partial charge on any atom is 0.243 e. The van der Waals surface area contributed by atoms with Crippen LogP contribution < -0.4 is 10.8 Å². The van der Waals surface area contributed by atoms with E-state index in [4.69, 9.17) is 5.21 Å². The van der Waals surface area contributed by atoms with Gasteiger partial charge in [0.15, 0.2) is 0 Å². The first-order valence-electron chi connectivity index (χ1n) is 8.07. The SMILES string of the molecule is O=C(/C=C/c1cccc2ccccc12)NCCCCCC(=O)NO. The van der Waals surface area contributed by atoms with Crippen LogP contribution in [0, 0.1) is 0 Å².